The summed E-state index contributed by atoms with van der Waals surface area (Å²) in [5.41, 5.74) is 2.41. The first-order chi connectivity index (χ1) is 9.16. The third-order valence-corrected chi connectivity index (χ3v) is 3.37. The number of carboxylic acid groups (broad SMARTS) is 1. The maximum atomic E-state index is 14.0. The van der Waals surface area contributed by atoms with Gasteiger partial charge in [-0.2, -0.15) is 0 Å². The first kappa shape index (κ1) is 11.7. The van der Waals surface area contributed by atoms with E-state index in [4.69, 9.17) is 0 Å². The van der Waals surface area contributed by atoms with Gasteiger partial charge in [-0.1, -0.05) is 30.3 Å². The molecule has 1 N–H and O–H groups in total. The monoisotopic (exact) mass is 257 g/mol. The summed E-state index contributed by atoms with van der Waals surface area (Å²) < 4.78 is 14.0. The van der Waals surface area contributed by atoms with E-state index in [1.165, 1.54) is 18.2 Å². The van der Waals surface area contributed by atoms with Crippen LogP contribution in [0.2, 0.25) is 0 Å². The summed E-state index contributed by atoms with van der Waals surface area (Å²) in [5, 5.41) is 9.17. The van der Waals surface area contributed by atoms with E-state index in [0.717, 1.165) is 11.1 Å². The van der Waals surface area contributed by atoms with E-state index >= 15 is 0 Å². The van der Waals surface area contributed by atoms with Gasteiger partial charge in [0.15, 0.2) is 0 Å². The highest BCUT2D eigenvalue weighted by Crippen LogP contribution is 2.32. The van der Waals surface area contributed by atoms with E-state index in [2.05, 4.69) is 0 Å². The summed E-state index contributed by atoms with van der Waals surface area (Å²) in [5.74, 6) is -1.60. The van der Waals surface area contributed by atoms with Crippen LogP contribution in [0.15, 0.2) is 42.5 Å². The van der Waals surface area contributed by atoms with Gasteiger partial charge >= 0.3 is 5.97 Å². The van der Waals surface area contributed by atoms with Gasteiger partial charge in [0.25, 0.3) is 0 Å². The molecular formula is C15H12FNO2. The maximum Gasteiger partial charge on any atom is 0.337 e. The van der Waals surface area contributed by atoms with Crippen LogP contribution in [0.3, 0.4) is 0 Å². The van der Waals surface area contributed by atoms with Crippen LogP contribution in [-0.2, 0) is 13.1 Å². The zero-order valence-electron chi connectivity index (χ0n) is 10.1. The molecule has 4 heteroatoms. The van der Waals surface area contributed by atoms with Crippen LogP contribution in [0.4, 0.5) is 10.1 Å². The van der Waals surface area contributed by atoms with Crippen molar-refractivity contribution in [1.29, 1.82) is 0 Å². The third kappa shape index (κ3) is 1.95. The molecule has 0 saturated heterocycles. The van der Waals surface area contributed by atoms with Crippen LogP contribution in [0.1, 0.15) is 21.5 Å². The highest BCUT2D eigenvalue weighted by Gasteiger charge is 2.25. The third-order valence-electron chi connectivity index (χ3n) is 3.37. The van der Waals surface area contributed by atoms with Crippen LogP contribution in [0.5, 0.6) is 0 Å². The van der Waals surface area contributed by atoms with Crippen molar-refractivity contribution in [3.05, 3.63) is 65.0 Å². The molecule has 0 saturated carbocycles. The lowest BCUT2D eigenvalue weighted by Crippen LogP contribution is -2.19. The molecule has 3 rings (SSSR count). The van der Waals surface area contributed by atoms with Crippen molar-refractivity contribution in [2.24, 2.45) is 0 Å². The minimum atomic E-state index is -1.11. The molecule has 0 radical (unpaired) electrons. The molecule has 0 atom stereocenters. The number of fused-ring (bicyclic) bond motifs is 1. The second-order valence-electron chi connectivity index (χ2n) is 4.57. The molecule has 0 amide bonds. The van der Waals surface area contributed by atoms with E-state index in [1.807, 2.05) is 24.3 Å². The largest absolute Gasteiger partial charge is 0.478 e. The SMILES string of the molecule is O=C(O)c1cccc(F)c1N1Cc2ccccc2C1. The minimum Gasteiger partial charge on any atom is -0.478 e. The second kappa shape index (κ2) is 4.39. The fraction of sp³-hybridized carbons (Fsp3) is 0.133. The molecule has 3 nitrogen and oxygen atoms in total. The lowest BCUT2D eigenvalue weighted by Gasteiger charge is -2.20. The van der Waals surface area contributed by atoms with Gasteiger partial charge in [0.1, 0.15) is 5.82 Å². The number of rotatable bonds is 2. The Morgan fingerprint density at radius 3 is 2.26 bits per heavy atom. The number of para-hydroxylation sites is 1. The Labute approximate surface area is 109 Å². The first-order valence-electron chi connectivity index (χ1n) is 6.00. The number of benzene rings is 2. The normalized spacial score (nSPS) is 13.4. The zero-order valence-corrected chi connectivity index (χ0v) is 10.1. The number of hydrogen-bond acceptors (Lipinski definition) is 2. The molecule has 19 heavy (non-hydrogen) atoms. The topological polar surface area (TPSA) is 40.5 Å². The molecule has 0 aromatic heterocycles. The Hall–Kier alpha value is -2.36. The molecule has 96 valence electrons. The second-order valence-corrected chi connectivity index (χ2v) is 4.57. The predicted octanol–water partition coefficient (Wildman–Crippen LogP) is 3.04. The Kier molecular flexibility index (Phi) is 2.71. The lowest BCUT2D eigenvalue weighted by atomic mass is 10.1. The quantitative estimate of drug-likeness (QED) is 0.899. The zero-order chi connectivity index (χ0) is 13.4. The molecule has 0 spiro atoms. The number of carboxylic acids is 1. The van der Waals surface area contributed by atoms with E-state index in [0.29, 0.717) is 13.1 Å². The molecule has 0 fully saturated rings. The van der Waals surface area contributed by atoms with Crippen molar-refractivity contribution in [1.82, 2.24) is 0 Å². The van der Waals surface area contributed by atoms with Gasteiger partial charge < -0.3 is 10.0 Å². The van der Waals surface area contributed by atoms with Crippen LogP contribution in [0, 0.1) is 5.82 Å². The van der Waals surface area contributed by atoms with E-state index in [9.17, 15) is 14.3 Å². The van der Waals surface area contributed by atoms with Gasteiger partial charge in [-0.15, -0.1) is 0 Å². The number of nitrogens with zero attached hydrogens (tertiary/aromatic N) is 1. The molecule has 1 aliphatic rings. The minimum absolute atomic E-state index is 0.00723. The van der Waals surface area contributed by atoms with Gasteiger partial charge in [0.05, 0.1) is 11.3 Å². The number of halogens is 1. The van der Waals surface area contributed by atoms with Crippen molar-refractivity contribution in [3.8, 4) is 0 Å². The van der Waals surface area contributed by atoms with Crippen molar-refractivity contribution < 1.29 is 14.3 Å². The molecule has 0 aliphatic carbocycles. The van der Waals surface area contributed by atoms with Crippen molar-refractivity contribution in [3.63, 3.8) is 0 Å². The van der Waals surface area contributed by atoms with Crippen LogP contribution < -0.4 is 4.90 Å². The molecule has 2 aromatic carbocycles. The molecule has 2 aromatic rings. The predicted molar refractivity (Wildman–Crippen MR) is 69.7 cm³/mol. The van der Waals surface area contributed by atoms with Crippen molar-refractivity contribution in [2.45, 2.75) is 13.1 Å². The van der Waals surface area contributed by atoms with Gasteiger partial charge in [0.2, 0.25) is 0 Å². The molecular weight excluding hydrogens is 245 g/mol. The van der Waals surface area contributed by atoms with Crippen LogP contribution >= 0.6 is 0 Å². The number of hydrogen-bond donors (Lipinski definition) is 1. The highest BCUT2D eigenvalue weighted by molar-refractivity contribution is 5.94. The number of aromatic carboxylic acids is 1. The van der Waals surface area contributed by atoms with Gasteiger partial charge in [-0.05, 0) is 23.3 Å². The Bertz CT molecular complexity index is 629. The highest BCUT2D eigenvalue weighted by atomic mass is 19.1. The summed E-state index contributed by atoms with van der Waals surface area (Å²) in [6.07, 6.45) is 0. The van der Waals surface area contributed by atoms with Crippen LogP contribution in [0.25, 0.3) is 0 Å². The van der Waals surface area contributed by atoms with Crippen LogP contribution in [-0.4, -0.2) is 11.1 Å². The van der Waals surface area contributed by atoms with E-state index in [-0.39, 0.29) is 11.3 Å². The maximum absolute atomic E-state index is 14.0. The fourth-order valence-electron chi connectivity index (χ4n) is 2.50. The van der Waals surface area contributed by atoms with E-state index in [1.54, 1.807) is 4.90 Å². The summed E-state index contributed by atoms with van der Waals surface area (Å²) >= 11 is 0. The van der Waals surface area contributed by atoms with Crippen molar-refractivity contribution >= 4 is 11.7 Å². The molecule has 0 bridgehead atoms. The Morgan fingerprint density at radius 2 is 1.68 bits per heavy atom. The number of anilines is 1. The summed E-state index contributed by atoms with van der Waals surface area (Å²) in [6.45, 7) is 1.08. The average Bonchev–Trinajstić information content (AvgIpc) is 2.81. The Morgan fingerprint density at radius 1 is 1.05 bits per heavy atom. The van der Waals surface area contributed by atoms with Crippen molar-refractivity contribution in [2.75, 3.05) is 4.90 Å². The fourth-order valence-corrected chi connectivity index (χ4v) is 2.50. The summed E-state index contributed by atoms with van der Waals surface area (Å²) in [7, 11) is 0. The molecule has 1 heterocycles. The van der Waals surface area contributed by atoms with Gasteiger partial charge in [-0.25, -0.2) is 9.18 Å². The summed E-state index contributed by atoms with van der Waals surface area (Å²) in [4.78, 5) is 13.0. The number of carbonyl (C=O) groups is 1. The molecule has 1 aliphatic heterocycles. The molecule has 0 unspecified atom stereocenters. The average molecular weight is 257 g/mol. The summed E-state index contributed by atoms with van der Waals surface area (Å²) in [6, 6.07) is 12.0. The smallest absolute Gasteiger partial charge is 0.337 e. The first-order valence-corrected chi connectivity index (χ1v) is 6.00. The Balaban J connectivity index is 2.04. The van der Waals surface area contributed by atoms with E-state index < -0.39 is 11.8 Å². The standard InChI is InChI=1S/C15H12FNO2/c16-13-7-3-6-12(15(18)19)14(13)17-8-10-4-1-2-5-11(10)9-17/h1-7H,8-9H2,(H,18,19). The lowest BCUT2D eigenvalue weighted by molar-refractivity contribution is 0.0697. The van der Waals surface area contributed by atoms with Gasteiger partial charge in [0, 0.05) is 13.1 Å². The van der Waals surface area contributed by atoms with Gasteiger partial charge in [-0.3, -0.25) is 0 Å².